The Hall–Kier alpha value is -2.17. The number of nitrogens with two attached hydrogens (primary N) is 1. The van der Waals surface area contributed by atoms with Crippen molar-refractivity contribution in [3.63, 3.8) is 0 Å². The fraction of sp³-hybridized carbons (Fsp3) is 0.350. The van der Waals surface area contributed by atoms with Crippen LogP contribution in [-0.2, 0) is 16.1 Å². The zero-order valence-corrected chi connectivity index (χ0v) is 13.8. The van der Waals surface area contributed by atoms with E-state index in [1.807, 2.05) is 53.4 Å². The lowest BCUT2D eigenvalue weighted by Crippen LogP contribution is -2.44. The number of amides is 1. The Morgan fingerprint density at radius 3 is 2.25 bits per heavy atom. The van der Waals surface area contributed by atoms with E-state index in [2.05, 4.69) is 12.1 Å². The quantitative estimate of drug-likeness (QED) is 0.920. The summed E-state index contributed by atoms with van der Waals surface area (Å²) in [5.74, 6) is 0.00251. The molecule has 0 bridgehead atoms. The third kappa shape index (κ3) is 4.22. The summed E-state index contributed by atoms with van der Waals surface area (Å²) < 4.78 is 5.97. The van der Waals surface area contributed by atoms with Crippen molar-refractivity contribution in [2.24, 2.45) is 5.73 Å². The molecule has 2 aromatic carbocycles. The lowest BCUT2D eigenvalue weighted by Gasteiger charge is -2.33. The Morgan fingerprint density at radius 2 is 1.62 bits per heavy atom. The highest BCUT2D eigenvalue weighted by molar-refractivity contribution is 5.83. The number of hydrogen-bond donors (Lipinski definition) is 1. The molecule has 1 fully saturated rings. The predicted molar refractivity (Wildman–Crippen MR) is 94.2 cm³/mol. The summed E-state index contributed by atoms with van der Waals surface area (Å²) in [5.41, 5.74) is 8.16. The van der Waals surface area contributed by atoms with Gasteiger partial charge in [0.15, 0.2) is 0 Å². The average Bonchev–Trinajstić information content (AvgIpc) is 2.67. The Kier molecular flexibility index (Phi) is 5.62. The maximum atomic E-state index is 12.5. The van der Waals surface area contributed by atoms with Gasteiger partial charge < -0.3 is 15.4 Å². The van der Waals surface area contributed by atoms with Crippen LogP contribution in [0.1, 0.15) is 30.0 Å². The van der Waals surface area contributed by atoms with Gasteiger partial charge in [-0.3, -0.25) is 4.79 Å². The highest BCUT2D eigenvalue weighted by atomic mass is 16.5. The topological polar surface area (TPSA) is 55.6 Å². The molecule has 1 heterocycles. The van der Waals surface area contributed by atoms with Crippen molar-refractivity contribution in [2.75, 3.05) is 13.1 Å². The Labute approximate surface area is 143 Å². The van der Waals surface area contributed by atoms with Crippen LogP contribution in [0.25, 0.3) is 0 Å². The molecule has 3 rings (SSSR count). The smallest absolute Gasteiger partial charge is 0.244 e. The minimum absolute atomic E-state index is 0.00251. The second-order valence-electron chi connectivity index (χ2n) is 6.21. The maximum absolute atomic E-state index is 12.5. The monoisotopic (exact) mass is 324 g/mol. The van der Waals surface area contributed by atoms with Gasteiger partial charge in [0.2, 0.25) is 5.91 Å². The molecule has 0 aliphatic carbocycles. The molecule has 0 radical (unpaired) electrons. The van der Waals surface area contributed by atoms with Gasteiger partial charge in [0.1, 0.15) is 6.04 Å². The van der Waals surface area contributed by atoms with E-state index in [9.17, 15) is 4.79 Å². The maximum Gasteiger partial charge on any atom is 0.244 e. The van der Waals surface area contributed by atoms with Crippen LogP contribution < -0.4 is 5.73 Å². The summed E-state index contributed by atoms with van der Waals surface area (Å²) in [6.45, 7) is 2.04. The zero-order valence-electron chi connectivity index (χ0n) is 13.8. The first-order chi connectivity index (χ1) is 11.7. The van der Waals surface area contributed by atoms with Gasteiger partial charge in [0, 0.05) is 13.1 Å². The zero-order chi connectivity index (χ0) is 16.8. The molecule has 1 saturated heterocycles. The van der Waals surface area contributed by atoms with Crippen LogP contribution in [-0.4, -0.2) is 30.0 Å². The Morgan fingerprint density at radius 1 is 1.04 bits per heavy atom. The molecule has 0 spiro atoms. The summed E-state index contributed by atoms with van der Waals surface area (Å²) in [6, 6.07) is 19.1. The highest BCUT2D eigenvalue weighted by Crippen LogP contribution is 2.19. The minimum Gasteiger partial charge on any atom is -0.373 e. The molecule has 0 aromatic heterocycles. The number of likely N-dealkylation sites (tertiary alicyclic amines) is 1. The summed E-state index contributed by atoms with van der Waals surface area (Å²) in [5, 5.41) is 0. The van der Waals surface area contributed by atoms with Gasteiger partial charge in [-0.1, -0.05) is 60.7 Å². The lowest BCUT2D eigenvalue weighted by atomic mass is 10.0. The van der Waals surface area contributed by atoms with Crippen molar-refractivity contribution >= 4 is 5.91 Å². The van der Waals surface area contributed by atoms with E-state index in [1.165, 1.54) is 5.56 Å². The molecule has 2 N–H and O–H groups in total. The van der Waals surface area contributed by atoms with Crippen molar-refractivity contribution in [3.8, 4) is 0 Å². The summed E-state index contributed by atoms with van der Waals surface area (Å²) in [7, 11) is 0. The molecule has 4 heteroatoms. The molecular weight excluding hydrogens is 300 g/mol. The fourth-order valence-corrected chi connectivity index (χ4v) is 3.03. The second-order valence-corrected chi connectivity index (χ2v) is 6.21. The molecule has 1 aliphatic rings. The third-order valence-electron chi connectivity index (χ3n) is 4.51. The van der Waals surface area contributed by atoms with Crippen LogP contribution in [0.2, 0.25) is 0 Å². The number of ether oxygens (including phenoxy) is 1. The SMILES string of the molecule is NC(C(=O)N1CCC(OCc2ccccc2)CC1)c1ccccc1. The van der Waals surface area contributed by atoms with Crippen molar-refractivity contribution in [1.82, 2.24) is 4.90 Å². The van der Waals surface area contributed by atoms with Crippen molar-refractivity contribution in [2.45, 2.75) is 31.6 Å². The number of hydrogen-bond acceptors (Lipinski definition) is 3. The van der Waals surface area contributed by atoms with Crippen LogP contribution in [0.15, 0.2) is 60.7 Å². The van der Waals surface area contributed by atoms with Crippen LogP contribution in [0.3, 0.4) is 0 Å². The van der Waals surface area contributed by atoms with Crippen LogP contribution in [0.5, 0.6) is 0 Å². The summed E-state index contributed by atoms with van der Waals surface area (Å²) >= 11 is 0. The van der Waals surface area contributed by atoms with Gasteiger partial charge in [-0.05, 0) is 24.0 Å². The number of nitrogens with zero attached hydrogens (tertiary/aromatic N) is 1. The summed E-state index contributed by atoms with van der Waals surface area (Å²) in [4.78, 5) is 14.4. The van der Waals surface area contributed by atoms with Crippen molar-refractivity contribution in [3.05, 3.63) is 71.8 Å². The number of carbonyl (C=O) groups excluding carboxylic acids is 1. The lowest BCUT2D eigenvalue weighted by molar-refractivity contribution is -0.135. The molecular formula is C20H24N2O2. The molecule has 1 unspecified atom stereocenters. The van der Waals surface area contributed by atoms with Gasteiger partial charge in [-0.15, -0.1) is 0 Å². The van der Waals surface area contributed by atoms with E-state index in [0.717, 1.165) is 18.4 Å². The first-order valence-corrected chi connectivity index (χ1v) is 8.49. The molecule has 24 heavy (non-hydrogen) atoms. The van der Waals surface area contributed by atoms with Crippen LogP contribution in [0, 0.1) is 0 Å². The van der Waals surface area contributed by atoms with Gasteiger partial charge in [0.25, 0.3) is 0 Å². The van der Waals surface area contributed by atoms with Gasteiger partial charge in [-0.2, -0.15) is 0 Å². The van der Waals surface area contributed by atoms with E-state index in [0.29, 0.717) is 19.7 Å². The first kappa shape index (κ1) is 16.7. The van der Waals surface area contributed by atoms with E-state index in [1.54, 1.807) is 0 Å². The molecule has 0 saturated carbocycles. The largest absolute Gasteiger partial charge is 0.373 e. The van der Waals surface area contributed by atoms with Crippen LogP contribution >= 0.6 is 0 Å². The normalized spacial score (nSPS) is 16.8. The fourth-order valence-electron chi connectivity index (χ4n) is 3.03. The number of carbonyl (C=O) groups is 1. The van der Waals surface area contributed by atoms with E-state index in [4.69, 9.17) is 10.5 Å². The summed E-state index contributed by atoms with van der Waals surface area (Å²) in [6.07, 6.45) is 1.93. The van der Waals surface area contributed by atoms with Crippen molar-refractivity contribution in [1.29, 1.82) is 0 Å². The molecule has 1 aliphatic heterocycles. The Bertz CT molecular complexity index is 637. The first-order valence-electron chi connectivity index (χ1n) is 8.49. The second kappa shape index (κ2) is 8.08. The van der Waals surface area contributed by atoms with Gasteiger partial charge in [-0.25, -0.2) is 0 Å². The molecule has 126 valence electrons. The number of benzene rings is 2. The standard InChI is InChI=1S/C20H24N2O2/c21-19(17-9-5-2-6-10-17)20(23)22-13-11-18(12-14-22)24-15-16-7-3-1-4-8-16/h1-10,18-19H,11-15,21H2. The number of piperidine rings is 1. The Balaban J connectivity index is 1.47. The van der Waals surface area contributed by atoms with Gasteiger partial charge in [0.05, 0.1) is 12.7 Å². The third-order valence-corrected chi connectivity index (χ3v) is 4.51. The van der Waals surface area contributed by atoms with E-state index in [-0.39, 0.29) is 12.0 Å². The minimum atomic E-state index is -0.576. The predicted octanol–water partition coefficient (Wildman–Crippen LogP) is 2.89. The van der Waals surface area contributed by atoms with Crippen LogP contribution in [0.4, 0.5) is 0 Å². The molecule has 4 nitrogen and oxygen atoms in total. The molecule has 1 amide bonds. The molecule has 2 aromatic rings. The van der Waals surface area contributed by atoms with Gasteiger partial charge >= 0.3 is 0 Å². The average molecular weight is 324 g/mol. The van der Waals surface area contributed by atoms with E-state index >= 15 is 0 Å². The number of rotatable bonds is 5. The molecule has 1 atom stereocenters. The highest BCUT2D eigenvalue weighted by Gasteiger charge is 2.27. The van der Waals surface area contributed by atoms with Crippen molar-refractivity contribution < 1.29 is 9.53 Å². The van der Waals surface area contributed by atoms with E-state index < -0.39 is 6.04 Å².